The molecule has 0 spiro atoms. The number of nitriles is 1. The third-order valence-electron chi connectivity index (χ3n) is 3.46. The number of H-pyrrole nitrogens is 1. The Morgan fingerprint density at radius 3 is 2.91 bits per heavy atom. The molecule has 0 radical (unpaired) electrons. The van der Waals surface area contributed by atoms with Crippen LogP contribution in [0.15, 0.2) is 48.5 Å². The molecule has 2 aromatic carbocycles. The van der Waals surface area contributed by atoms with Crippen LogP contribution in [-0.2, 0) is 11.2 Å². The lowest BCUT2D eigenvalue weighted by molar-refractivity contribution is -0.115. The molecule has 108 valence electrons. The fraction of sp³-hybridized carbons (Fsp3) is 0.111. The number of carbonyl (C=O) groups is 1. The maximum Gasteiger partial charge on any atom is 0.228 e. The van der Waals surface area contributed by atoms with E-state index in [-0.39, 0.29) is 5.91 Å². The third-order valence-corrected chi connectivity index (χ3v) is 3.46. The summed E-state index contributed by atoms with van der Waals surface area (Å²) in [6, 6.07) is 17.0. The number of hydrogen-bond acceptors (Lipinski definition) is 2. The predicted molar refractivity (Wildman–Crippen MR) is 86.5 cm³/mol. The molecular formula is C18H15N3O. The van der Waals surface area contributed by atoms with Crippen LogP contribution in [0.1, 0.15) is 16.8 Å². The molecule has 1 aromatic heterocycles. The molecule has 1 heterocycles. The van der Waals surface area contributed by atoms with E-state index in [9.17, 15) is 4.79 Å². The first-order valence-electron chi connectivity index (χ1n) is 7.02. The van der Waals surface area contributed by atoms with Gasteiger partial charge in [0.15, 0.2) is 0 Å². The molecule has 0 saturated heterocycles. The quantitative estimate of drug-likeness (QED) is 0.774. The van der Waals surface area contributed by atoms with Gasteiger partial charge in [-0.1, -0.05) is 12.1 Å². The van der Waals surface area contributed by atoms with Crippen molar-refractivity contribution in [3.05, 3.63) is 65.4 Å². The summed E-state index contributed by atoms with van der Waals surface area (Å²) in [6.07, 6.45) is 0.303. The summed E-state index contributed by atoms with van der Waals surface area (Å²) in [4.78, 5) is 15.4. The van der Waals surface area contributed by atoms with Crippen molar-refractivity contribution in [2.45, 2.75) is 13.3 Å². The molecule has 0 unspecified atom stereocenters. The summed E-state index contributed by atoms with van der Waals surface area (Å²) < 4.78 is 0. The predicted octanol–water partition coefficient (Wildman–Crippen LogP) is 3.53. The second-order valence-electron chi connectivity index (χ2n) is 5.29. The van der Waals surface area contributed by atoms with Gasteiger partial charge in [-0.15, -0.1) is 0 Å². The molecule has 22 heavy (non-hydrogen) atoms. The van der Waals surface area contributed by atoms with E-state index in [1.54, 1.807) is 24.3 Å². The highest BCUT2D eigenvalue weighted by Gasteiger charge is 2.06. The number of nitrogens with one attached hydrogen (secondary N) is 2. The van der Waals surface area contributed by atoms with Crippen LogP contribution < -0.4 is 5.32 Å². The minimum Gasteiger partial charge on any atom is -0.359 e. The van der Waals surface area contributed by atoms with Gasteiger partial charge in [0.05, 0.1) is 18.1 Å². The Morgan fingerprint density at radius 1 is 1.23 bits per heavy atom. The van der Waals surface area contributed by atoms with Crippen LogP contribution in [0.5, 0.6) is 0 Å². The van der Waals surface area contributed by atoms with Crippen LogP contribution in [0.3, 0.4) is 0 Å². The van der Waals surface area contributed by atoms with Crippen LogP contribution in [0.4, 0.5) is 5.69 Å². The summed E-state index contributed by atoms with van der Waals surface area (Å²) in [5.74, 6) is -0.0957. The molecule has 0 fully saturated rings. The molecule has 1 amide bonds. The Balaban J connectivity index is 1.73. The number of aromatic amines is 1. The van der Waals surface area contributed by atoms with E-state index < -0.39 is 0 Å². The summed E-state index contributed by atoms with van der Waals surface area (Å²) in [5.41, 5.74) is 4.30. The highest BCUT2D eigenvalue weighted by Crippen LogP contribution is 2.18. The fourth-order valence-corrected chi connectivity index (χ4v) is 2.49. The Hall–Kier alpha value is -3.06. The maximum absolute atomic E-state index is 12.1. The zero-order valence-electron chi connectivity index (χ0n) is 12.2. The van der Waals surface area contributed by atoms with Crippen LogP contribution in [0, 0.1) is 18.3 Å². The van der Waals surface area contributed by atoms with Crippen molar-refractivity contribution in [3.63, 3.8) is 0 Å². The van der Waals surface area contributed by atoms with Crippen molar-refractivity contribution in [1.29, 1.82) is 5.26 Å². The number of hydrogen-bond donors (Lipinski definition) is 2. The van der Waals surface area contributed by atoms with Crippen LogP contribution in [0.2, 0.25) is 0 Å². The average molecular weight is 289 g/mol. The molecular weight excluding hydrogens is 274 g/mol. The van der Waals surface area contributed by atoms with Crippen molar-refractivity contribution < 1.29 is 4.79 Å². The van der Waals surface area contributed by atoms with E-state index in [1.165, 1.54) is 0 Å². The molecule has 0 bridgehead atoms. The topological polar surface area (TPSA) is 68.7 Å². The summed E-state index contributed by atoms with van der Waals surface area (Å²) in [5, 5.41) is 12.8. The third kappa shape index (κ3) is 2.99. The number of amides is 1. The van der Waals surface area contributed by atoms with Crippen molar-refractivity contribution >= 4 is 22.5 Å². The number of nitrogens with zero attached hydrogens (tertiary/aromatic N) is 1. The Bertz CT molecular complexity index is 887. The number of aromatic nitrogens is 1. The molecule has 0 saturated carbocycles. The van der Waals surface area contributed by atoms with Gasteiger partial charge in [0.1, 0.15) is 0 Å². The molecule has 2 N–H and O–H groups in total. The Morgan fingerprint density at radius 2 is 2.09 bits per heavy atom. The SMILES string of the molecule is Cc1cc2cc(CC(=O)Nc3cccc(C#N)c3)ccc2[nH]1. The van der Waals surface area contributed by atoms with Crippen LogP contribution in [0.25, 0.3) is 10.9 Å². The van der Waals surface area contributed by atoms with Gasteiger partial charge in [0.25, 0.3) is 0 Å². The smallest absolute Gasteiger partial charge is 0.228 e. The van der Waals surface area contributed by atoms with Crippen molar-refractivity contribution in [3.8, 4) is 6.07 Å². The molecule has 4 heteroatoms. The first-order chi connectivity index (χ1) is 10.6. The number of carbonyl (C=O) groups excluding carboxylic acids is 1. The molecule has 0 aliphatic rings. The van der Waals surface area contributed by atoms with Gasteiger partial charge in [-0.25, -0.2) is 0 Å². The van der Waals surface area contributed by atoms with E-state index in [1.807, 2.05) is 25.1 Å². The van der Waals surface area contributed by atoms with E-state index in [0.29, 0.717) is 17.7 Å². The van der Waals surface area contributed by atoms with Crippen molar-refractivity contribution in [1.82, 2.24) is 4.98 Å². The Labute approximate surface area is 128 Å². The normalized spacial score (nSPS) is 10.4. The van der Waals surface area contributed by atoms with Gasteiger partial charge in [-0.05, 0) is 54.3 Å². The first-order valence-corrected chi connectivity index (χ1v) is 7.02. The van der Waals surface area contributed by atoms with E-state index in [4.69, 9.17) is 5.26 Å². The zero-order chi connectivity index (χ0) is 15.5. The number of rotatable bonds is 3. The lowest BCUT2D eigenvalue weighted by atomic mass is 10.1. The van der Waals surface area contributed by atoms with Gasteiger partial charge in [0, 0.05) is 16.9 Å². The first kappa shape index (κ1) is 13.9. The maximum atomic E-state index is 12.1. The molecule has 3 rings (SSSR count). The molecule has 0 atom stereocenters. The standard InChI is InChI=1S/C18H15N3O/c1-12-7-15-8-13(5-6-17(15)20-12)10-18(22)21-16-4-2-3-14(9-16)11-19/h2-9,20H,10H2,1H3,(H,21,22). The second-order valence-corrected chi connectivity index (χ2v) is 5.29. The fourth-order valence-electron chi connectivity index (χ4n) is 2.49. The second kappa shape index (κ2) is 5.74. The summed E-state index contributed by atoms with van der Waals surface area (Å²) in [6.45, 7) is 2.01. The number of fused-ring (bicyclic) bond motifs is 1. The van der Waals surface area contributed by atoms with E-state index in [0.717, 1.165) is 22.2 Å². The number of benzene rings is 2. The Kier molecular flexibility index (Phi) is 3.63. The van der Waals surface area contributed by atoms with Gasteiger partial charge in [-0.2, -0.15) is 5.26 Å². The number of aryl methyl sites for hydroxylation is 1. The van der Waals surface area contributed by atoms with Gasteiger partial charge in [-0.3, -0.25) is 4.79 Å². The van der Waals surface area contributed by atoms with E-state index in [2.05, 4.69) is 22.4 Å². The van der Waals surface area contributed by atoms with Crippen molar-refractivity contribution in [2.75, 3.05) is 5.32 Å². The number of anilines is 1. The van der Waals surface area contributed by atoms with E-state index >= 15 is 0 Å². The summed E-state index contributed by atoms with van der Waals surface area (Å²) >= 11 is 0. The lowest BCUT2D eigenvalue weighted by Crippen LogP contribution is -2.14. The molecule has 4 nitrogen and oxygen atoms in total. The van der Waals surface area contributed by atoms with Gasteiger partial charge in [0.2, 0.25) is 5.91 Å². The highest BCUT2D eigenvalue weighted by atomic mass is 16.1. The highest BCUT2D eigenvalue weighted by molar-refractivity contribution is 5.93. The molecule has 0 aliphatic carbocycles. The van der Waals surface area contributed by atoms with Crippen LogP contribution >= 0.6 is 0 Å². The minimum absolute atomic E-state index is 0.0957. The van der Waals surface area contributed by atoms with Gasteiger partial charge < -0.3 is 10.3 Å². The van der Waals surface area contributed by atoms with Crippen molar-refractivity contribution in [2.24, 2.45) is 0 Å². The lowest BCUT2D eigenvalue weighted by Gasteiger charge is -2.06. The average Bonchev–Trinajstić information content (AvgIpc) is 2.86. The summed E-state index contributed by atoms with van der Waals surface area (Å²) in [7, 11) is 0. The monoisotopic (exact) mass is 289 g/mol. The van der Waals surface area contributed by atoms with Crippen LogP contribution in [-0.4, -0.2) is 10.9 Å². The minimum atomic E-state index is -0.0957. The molecule has 3 aromatic rings. The largest absolute Gasteiger partial charge is 0.359 e. The molecule has 0 aliphatic heterocycles. The zero-order valence-corrected chi connectivity index (χ0v) is 12.2. The van der Waals surface area contributed by atoms with Gasteiger partial charge >= 0.3 is 0 Å².